The predicted octanol–water partition coefficient (Wildman–Crippen LogP) is 2.24. The predicted molar refractivity (Wildman–Crippen MR) is 71.7 cm³/mol. The fraction of sp³-hybridized carbons (Fsp3) is 0.429. The van der Waals surface area contributed by atoms with E-state index in [9.17, 15) is 14.0 Å². The number of piperidine rings is 1. The molecular weight excluding hydrogens is 263 g/mol. The zero-order valence-corrected chi connectivity index (χ0v) is 11.3. The monoisotopic (exact) mass is 280 g/mol. The van der Waals surface area contributed by atoms with Crippen molar-refractivity contribution in [2.24, 2.45) is 5.92 Å². The largest absolute Gasteiger partial charge is 0.469 e. The lowest BCUT2D eigenvalue weighted by Crippen LogP contribution is -2.44. The second-order valence-corrected chi connectivity index (χ2v) is 4.75. The van der Waals surface area contributed by atoms with Crippen molar-refractivity contribution in [3.63, 3.8) is 0 Å². The Labute approximate surface area is 116 Å². The Balaban J connectivity index is 1.97. The van der Waals surface area contributed by atoms with Crippen LogP contribution in [0.5, 0.6) is 0 Å². The molecule has 0 unspecified atom stereocenters. The number of nitrogens with one attached hydrogen (secondary N) is 1. The molecule has 1 aliphatic rings. The summed E-state index contributed by atoms with van der Waals surface area (Å²) in [4.78, 5) is 25.1. The minimum atomic E-state index is -0.408. The number of benzene rings is 1. The number of carbonyl (C=O) groups excluding carboxylic acids is 2. The number of ether oxygens (including phenoxy) is 1. The lowest BCUT2D eigenvalue weighted by Gasteiger charge is -2.31. The number of hydrogen-bond donors (Lipinski definition) is 1. The zero-order chi connectivity index (χ0) is 14.5. The first-order valence-corrected chi connectivity index (χ1v) is 6.49. The summed E-state index contributed by atoms with van der Waals surface area (Å²) in [6, 6.07) is 5.37. The minimum Gasteiger partial charge on any atom is -0.469 e. The van der Waals surface area contributed by atoms with Gasteiger partial charge in [0.25, 0.3) is 0 Å². The van der Waals surface area contributed by atoms with E-state index in [-0.39, 0.29) is 17.9 Å². The van der Waals surface area contributed by atoms with E-state index in [1.54, 1.807) is 11.0 Å². The quantitative estimate of drug-likeness (QED) is 0.845. The van der Waals surface area contributed by atoms with Crippen LogP contribution in [0, 0.1) is 11.7 Å². The molecule has 2 rings (SSSR count). The van der Waals surface area contributed by atoms with Crippen LogP contribution in [0.3, 0.4) is 0 Å². The van der Waals surface area contributed by atoms with Gasteiger partial charge >= 0.3 is 12.0 Å². The Bertz CT molecular complexity index is 507. The number of hydrogen-bond acceptors (Lipinski definition) is 3. The summed E-state index contributed by atoms with van der Waals surface area (Å²) >= 11 is 0. The smallest absolute Gasteiger partial charge is 0.321 e. The number of halogens is 1. The van der Waals surface area contributed by atoms with E-state index in [0.717, 1.165) is 12.8 Å². The van der Waals surface area contributed by atoms with Gasteiger partial charge < -0.3 is 15.0 Å². The molecule has 1 aliphatic heterocycles. The Morgan fingerprint density at radius 3 is 2.95 bits per heavy atom. The van der Waals surface area contributed by atoms with Crippen molar-refractivity contribution in [1.29, 1.82) is 0 Å². The molecule has 1 N–H and O–H groups in total. The van der Waals surface area contributed by atoms with Crippen LogP contribution in [0.25, 0.3) is 0 Å². The summed E-state index contributed by atoms with van der Waals surface area (Å²) in [7, 11) is 1.34. The molecule has 6 heteroatoms. The molecule has 2 amide bonds. The lowest BCUT2D eigenvalue weighted by molar-refractivity contribution is -0.146. The van der Waals surface area contributed by atoms with E-state index in [1.807, 2.05) is 0 Å². The Hall–Kier alpha value is -2.11. The molecule has 5 nitrogen and oxygen atoms in total. The van der Waals surface area contributed by atoms with Gasteiger partial charge in [0.15, 0.2) is 0 Å². The van der Waals surface area contributed by atoms with E-state index in [1.165, 1.54) is 25.3 Å². The maximum atomic E-state index is 13.0. The van der Waals surface area contributed by atoms with E-state index in [4.69, 9.17) is 4.74 Å². The van der Waals surface area contributed by atoms with Gasteiger partial charge in [-0.15, -0.1) is 0 Å². The van der Waals surface area contributed by atoms with Gasteiger partial charge in [-0.1, -0.05) is 6.07 Å². The van der Waals surface area contributed by atoms with Crippen molar-refractivity contribution < 1.29 is 18.7 Å². The Kier molecular flexibility index (Phi) is 4.55. The first-order chi connectivity index (χ1) is 9.60. The SMILES string of the molecule is COC(=O)[C@H]1CCCN(C(=O)Nc2cccc(F)c2)C1. The maximum absolute atomic E-state index is 13.0. The lowest BCUT2D eigenvalue weighted by atomic mass is 9.98. The van der Waals surface area contributed by atoms with Crippen LogP contribution in [-0.4, -0.2) is 37.1 Å². The van der Waals surface area contributed by atoms with Crippen molar-refractivity contribution in [2.75, 3.05) is 25.5 Å². The van der Waals surface area contributed by atoms with Gasteiger partial charge in [-0.2, -0.15) is 0 Å². The molecule has 108 valence electrons. The standard InChI is InChI=1S/C14H17FN2O3/c1-20-13(18)10-4-3-7-17(9-10)14(19)16-12-6-2-5-11(15)8-12/h2,5-6,8,10H,3-4,7,9H2,1H3,(H,16,19)/t10-/m0/s1. The fourth-order valence-electron chi connectivity index (χ4n) is 2.29. The van der Waals surface area contributed by atoms with Crippen molar-refractivity contribution >= 4 is 17.7 Å². The van der Waals surface area contributed by atoms with Crippen LogP contribution >= 0.6 is 0 Å². The minimum absolute atomic E-state index is 0.285. The van der Waals surface area contributed by atoms with Crippen molar-refractivity contribution in [2.45, 2.75) is 12.8 Å². The summed E-state index contributed by atoms with van der Waals surface area (Å²) in [5, 5.41) is 2.62. The number of carbonyl (C=O) groups is 2. The molecule has 0 radical (unpaired) electrons. The average molecular weight is 280 g/mol. The van der Waals surface area contributed by atoms with Crippen molar-refractivity contribution in [1.82, 2.24) is 4.90 Å². The van der Waals surface area contributed by atoms with Gasteiger partial charge in [0.1, 0.15) is 5.82 Å². The number of amides is 2. The number of urea groups is 1. The van der Waals surface area contributed by atoms with Crippen LogP contribution in [0.4, 0.5) is 14.9 Å². The summed E-state index contributed by atoms with van der Waals surface area (Å²) in [6.07, 6.45) is 1.47. The first kappa shape index (κ1) is 14.3. The number of methoxy groups -OCH3 is 1. The molecule has 0 saturated carbocycles. The molecule has 1 atom stereocenters. The highest BCUT2D eigenvalue weighted by molar-refractivity contribution is 5.89. The van der Waals surface area contributed by atoms with Crippen molar-refractivity contribution in [3.05, 3.63) is 30.1 Å². The van der Waals surface area contributed by atoms with E-state index in [2.05, 4.69) is 5.32 Å². The first-order valence-electron chi connectivity index (χ1n) is 6.49. The average Bonchev–Trinajstić information content (AvgIpc) is 2.46. The van der Waals surface area contributed by atoms with Crippen LogP contribution in [0.1, 0.15) is 12.8 Å². The zero-order valence-electron chi connectivity index (χ0n) is 11.3. The highest BCUT2D eigenvalue weighted by Crippen LogP contribution is 2.19. The van der Waals surface area contributed by atoms with Gasteiger partial charge in [0.05, 0.1) is 13.0 Å². The van der Waals surface area contributed by atoms with Crippen LogP contribution in [-0.2, 0) is 9.53 Å². The second kappa shape index (κ2) is 6.36. The normalized spacial score (nSPS) is 18.5. The molecule has 1 fully saturated rings. The van der Waals surface area contributed by atoms with Gasteiger partial charge in [0.2, 0.25) is 0 Å². The second-order valence-electron chi connectivity index (χ2n) is 4.75. The molecule has 0 aromatic heterocycles. The summed E-state index contributed by atoms with van der Waals surface area (Å²) in [5.41, 5.74) is 0.398. The third-order valence-corrected chi connectivity index (χ3v) is 3.32. The van der Waals surface area contributed by atoms with Crippen LogP contribution in [0.15, 0.2) is 24.3 Å². The molecule has 1 saturated heterocycles. The molecule has 1 heterocycles. The molecule has 0 spiro atoms. The highest BCUT2D eigenvalue weighted by Gasteiger charge is 2.29. The maximum Gasteiger partial charge on any atom is 0.321 e. The highest BCUT2D eigenvalue weighted by atomic mass is 19.1. The van der Waals surface area contributed by atoms with Gasteiger partial charge in [-0.05, 0) is 31.0 Å². The van der Waals surface area contributed by atoms with Crippen LogP contribution < -0.4 is 5.32 Å². The Morgan fingerprint density at radius 1 is 1.45 bits per heavy atom. The van der Waals surface area contributed by atoms with Gasteiger partial charge in [-0.3, -0.25) is 4.79 Å². The van der Waals surface area contributed by atoms with Gasteiger partial charge in [-0.25, -0.2) is 9.18 Å². The third kappa shape index (κ3) is 3.46. The van der Waals surface area contributed by atoms with E-state index in [0.29, 0.717) is 18.8 Å². The molecule has 20 heavy (non-hydrogen) atoms. The fourth-order valence-corrected chi connectivity index (χ4v) is 2.29. The molecule has 0 bridgehead atoms. The molecule has 1 aromatic rings. The van der Waals surface area contributed by atoms with E-state index < -0.39 is 5.82 Å². The number of esters is 1. The summed E-state index contributed by atoms with van der Waals surface area (Å²) in [6.45, 7) is 0.905. The van der Waals surface area contributed by atoms with Crippen molar-refractivity contribution in [3.8, 4) is 0 Å². The third-order valence-electron chi connectivity index (χ3n) is 3.32. The molecule has 0 aliphatic carbocycles. The number of rotatable bonds is 2. The summed E-state index contributed by atoms with van der Waals surface area (Å²) < 4.78 is 17.8. The Morgan fingerprint density at radius 2 is 2.25 bits per heavy atom. The number of anilines is 1. The van der Waals surface area contributed by atoms with Gasteiger partial charge in [0, 0.05) is 18.8 Å². The number of likely N-dealkylation sites (tertiary alicyclic amines) is 1. The molecular formula is C14H17FN2O3. The van der Waals surface area contributed by atoms with E-state index >= 15 is 0 Å². The van der Waals surface area contributed by atoms with Crippen LogP contribution in [0.2, 0.25) is 0 Å². The summed E-state index contributed by atoms with van der Waals surface area (Å²) in [5.74, 6) is -0.992. The number of nitrogens with zero attached hydrogens (tertiary/aromatic N) is 1. The molecule has 1 aromatic carbocycles. The topological polar surface area (TPSA) is 58.6 Å².